The normalized spacial score (nSPS) is 12.9. The Hall–Kier alpha value is -1.88. The lowest BCUT2D eigenvalue weighted by molar-refractivity contribution is 0.199. The number of benzene rings is 1. The van der Waals surface area contributed by atoms with Crippen molar-refractivity contribution in [1.29, 1.82) is 5.41 Å². The highest BCUT2D eigenvalue weighted by molar-refractivity contribution is 5.75. The first kappa shape index (κ1) is 9.67. The predicted octanol–water partition coefficient (Wildman–Crippen LogP) is 0.678. The van der Waals surface area contributed by atoms with Gasteiger partial charge in [0.05, 0.1) is 17.1 Å². The van der Waals surface area contributed by atoms with E-state index in [4.69, 9.17) is 11.1 Å². The van der Waals surface area contributed by atoms with E-state index in [0.717, 1.165) is 11.1 Å². The highest BCUT2D eigenvalue weighted by Crippen LogP contribution is 2.16. The molecule has 0 bridgehead atoms. The van der Waals surface area contributed by atoms with Crippen LogP contribution in [-0.2, 0) is 0 Å². The molecular formula is C10H12N4O. The number of aromatic nitrogens is 2. The fourth-order valence-electron chi connectivity index (χ4n) is 1.39. The summed E-state index contributed by atoms with van der Waals surface area (Å²) in [7, 11) is 0. The summed E-state index contributed by atoms with van der Waals surface area (Å²) in [4.78, 5) is 6.89. The molecule has 0 fully saturated rings. The van der Waals surface area contributed by atoms with Gasteiger partial charge in [0.2, 0.25) is 0 Å². The second kappa shape index (κ2) is 3.36. The van der Waals surface area contributed by atoms with Crippen LogP contribution in [0, 0.1) is 5.41 Å². The van der Waals surface area contributed by atoms with E-state index in [-0.39, 0.29) is 11.3 Å². The third-order valence-electron chi connectivity index (χ3n) is 2.26. The summed E-state index contributed by atoms with van der Waals surface area (Å²) in [6.45, 7) is 1.69. The molecule has 2 aromatic rings. The maximum absolute atomic E-state index is 9.40. The summed E-state index contributed by atoms with van der Waals surface area (Å²) in [5.74, 6) is 0.158. The van der Waals surface area contributed by atoms with Crippen LogP contribution in [0.2, 0.25) is 0 Å². The highest BCUT2D eigenvalue weighted by Gasteiger charge is 2.04. The Morgan fingerprint density at radius 1 is 1.53 bits per heavy atom. The molecule has 78 valence electrons. The van der Waals surface area contributed by atoms with Gasteiger partial charge >= 0.3 is 0 Å². The first-order valence-corrected chi connectivity index (χ1v) is 4.60. The van der Waals surface area contributed by atoms with Crippen molar-refractivity contribution >= 4 is 16.9 Å². The molecule has 1 unspecified atom stereocenters. The number of nitrogens with one attached hydrogen (secondary N) is 2. The van der Waals surface area contributed by atoms with Crippen molar-refractivity contribution in [2.75, 3.05) is 5.73 Å². The fourth-order valence-corrected chi connectivity index (χ4v) is 1.39. The van der Waals surface area contributed by atoms with Crippen molar-refractivity contribution in [3.8, 4) is 0 Å². The van der Waals surface area contributed by atoms with Gasteiger partial charge < -0.3 is 15.8 Å². The minimum atomic E-state index is -0.534. The fraction of sp³-hybridized carbons (Fsp3) is 0.200. The number of nitrogens with zero attached hydrogens (tertiary/aromatic N) is 1. The molecule has 0 radical (unpaired) electrons. The van der Waals surface area contributed by atoms with Crippen molar-refractivity contribution in [2.45, 2.75) is 13.0 Å². The average Bonchev–Trinajstić information content (AvgIpc) is 2.19. The van der Waals surface area contributed by atoms with Gasteiger partial charge in [-0.05, 0) is 24.6 Å². The monoisotopic (exact) mass is 204 g/mol. The average molecular weight is 204 g/mol. The predicted molar refractivity (Wildman–Crippen MR) is 57.0 cm³/mol. The molecule has 0 aliphatic heterocycles. The van der Waals surface area contributed by atoms with Gasteiger partial charge in [0.15, 0.2) is 11.3 Å². The summed E-state index contributed by atoms with van der Waals surface area (Å²) in [6, 6.07) is 5.33. The van der Waals surface area contributed by atoms with Crippen LogP contribution in [0.25, 0.3) is 11.0 Å². The SMILES string of the molecule is CC(O)c1ccc2[nH]c(=N)c(N)nc2c1. The van der Waals surface area contributed by atoms with Crippen LogP contribution >= 0.6 is 0 Å². The lowest BCUT2D eigenvalue weighted by Crippen LogP contribution is -2.14. The molecule has 1 aromatic heterocycles. The minimum absolute atomic E-state index is 0.104. The van der Waals surface area contributed by atoms with Gasteiger partial charge in [-0.2, -0.15) is 0 Å². The molecule has 0 saturated carbocycles. The molecule has 5 heteroatoms. The summed E-state index contributed by atoms with van der Waals surface area (Å²) in [5, 5.41) is 16.8. The van der Waals surface area contributed by atoms with Crippen LogP contribution in [0.3, 0.4) is 0 Å². The van der Waals surface area contributed by atoms with E-state index in [1.807, 2.05) is 0 Å². The molecular weight excluding hydrogens is 192 g/mol. The van der Waals surface area contributed by atoms with E-state index in [0.29, 0.717) is 5.52 Å². The summed E-state index contributed by atoms with van der Waals surface area (Å²) in [5.41, 5.74) is 7.79. The van der Waals surface area contributed by atoms with E-state index < -0.39 is 6.10 Å². The van der Waals surface area contributed by atoms with Crippen LogP contribution in [0.4, 0.5) is 5.82 Å². The van der Waals surface area contributed by atoms with E-state index in [9.17, 15) is 5.11 Å². The molecule has 0 amide bonds. The quantitative estimate of drug-likeness (QED) is 0.549. The molecule has 0 aliphatic carbocycles. The lowest BCUT2D eigenvalue weighted by Gasteiger charge is -2.06. The number of fused-ring (bicyclic) bond motifs is 1. The molecule has 1 aromatic carbocycles. The van der Waals surface area contributed by atoms with Crippen molar-refractivity contribution < 1.29 is 5.11 Å². The van der Waals surface area contributed by atoms with Crippen LogP contribution < -0.4 is 11.2 Å². The topological polar surface area (TPSA) is 98.8 Å². The van der Waals surface area contributed by atoms with Crippen molar-refractivity contribution in [3.05, 3.63) is 29.3 Å². The molecule has 5 nitrogen and oxygen atoms in total. The number of hydrogen-bond donors (Lipinski definition) is 4. The molecule has 0 spiro atoms. The Balaban J connectivity index is 2.72. The maximum atomic E-state index is 9.40. The van der Waals surface area contributed by atoms with Gasteiger partial charge in [-0.25, -0.2) is 4.98 Å². The zero-order valence-corrected chi connectivity index (χ0v) is 8.28. The third-order valence-corrected chi connectivity index (χ3v) is 2.26. The molecule has 0 saturated heterocycles. The van der Waals surface area contributed by atoms with Gasteiger partial charge in [0.25, 0.3) is 0 Å². The van der Waals surface area contributed by atoms with Gasteiger partial charge in [0, 0.05) is 0 Å². The van der Waals surface area contributed by atoms with Crippen molar-refractivity contribution in [1.82, 2.24) is 9.97 Å². The number of aliphatic hydroxyl groups excluding tert-OH is 1. The Kier molecular flexibility index (Phi) is 2.17. The number of nitrogens with two attached hydrogens (primary N) is 1. The van der Waals surface area contributed by atoms with E-state index in [1.165, 1.54) is 0 Å². The van der Waals surface area contributed by atoms with Crippen LogP contribution in [0.15, 0.2) is 18.2 Å². The number of H-pyrrole nitrogens is 1. The van der Waals surface area contributed by atoms with Gasteiger partial charge in [-0.15, -0.1) is 0 Å². The smallest absolute Gasteiger partial charge is 0.166 e. The summed E-state index contributed by atoms with van der Waals surface area (Å²) < 4.78 is 0. The molecule has 2 rings (SSSR count). The molecule has 1 heterocycles. The maximum Gasteiger partial charge on any atom is 0.166 e. The summed E-state index contributed by atoms with van der Waals surface area (Å²) in [6.07, 6.45) is -0.534. The number of hydrogen-bond acceptors (Lipinski definition) is 4. The Bertz CT molecular complexity index is 559. The Morgan fingerprint density at radius 3 is 2.93 bits per heavy atom. The highest BCUT2D eigenvalue weighted by atomic mass is 16.3. The van der Waals surface area contributed by atoms with Crippen LogP contribution in [0.1, 0.15) is 18.6 Å². The van der Waals surface area contributed by atoms with Gasteiger partial charge in [-0.3, -0.25) is 5.41 Å². The number of nitrogen functional groups attached to an aromatic ring is 1. The minimum Gasteiger partial charge on any atom is -0.389 e. The number of aromatic amines is 1. The standard InChI is InChI=1S/C10H12N4O/c1-5(15)6-2-3-7-8(4-6)14-10(12)9(11)13-7/h2-5,15H,1H3,(H2,11,13)(H2,12,14). The lowest BCUT2D eigenvalue weighted by atomic mass is 10.1. The van der Waals surface area contributed by atoms with E-state index in [1.54, 1.807) is 25.1 Å². The van der Waals surface area contributed by atoms with Gasteiger partial charge in [-0.1, -0.05) is 6.07 Å². The second-order valence-electron chi connectivity index (χ2n) is 3.45. The molecule has 0 aliphatic rings. The zero-order valence-electron chi connectivity index (χ0n) is 8.28. The van der Waals surface area contributed by atoms with Crippen LogP contribution in [-0.4, -0.2) is 15.1 Å². The largest absolute Gasteiger partial charge is 0.389 e. The number of rotatable bonds is 1. The molecule has 15 heavy (non-hydrogen) atoms. The first-order chi connectivity index (χ1) is 7.08. The van der Waals surface area contributed by atoms with Gasteiger partial charge in [0.1, 0.15) is 0 Å². The summed E-state index contributed by atoms with van der Waals surface area (Å²) >= 11 is 0. The molecule has 5 N–H and O–H groups in total. The van der Waals surface area contributed by atoms with Crippen molar-refractivity contribution in [3.63, 3.8) is 0 Å². The first-order valence-electron chi connectivity index (χ1n) is 4.60. The molecule has 1 atom stereocenters. The Morgan fingerprint density at radius 2 is 2.27 bits per heavy atom. The zero-order chi connectivity index (χ0) is 11.0. The van der Waals surface area contributed by atoms with E-state index >= 15 is 0 Å². The number of aliphatic hydroxyl groups is 1. The van der Waals surface area contributed by atoms with Crippen LogP contribution in [0.5, 0.6) is 0 Å². The van der Waals surface area contributed by atoms with Crippen molar-refractivity contribution in [2.24, 2.45) is 0 Å². The second-order valence-corrected chi connectivity index (χ2v) is 3.45. The third kappa shape index (κ3) is 1.69. The van der Waals surface area contributed by atoms with E-state index in [2.05, 4.69) is 9.97 Å². The number of anilines is 1. The Labute approximate surface area is 86.1 Å².